The van der Waals surface area contributed by atoms with Crippen LogP contribution in [-0.4, -0.2) is 28.2 Å². The first kappa shape index (κ1) is 17.6. The third kappa shape index (κ3) is 5.79. The second-order valence-electron chi connectivity index (χ2n) is 4.95. The molecule has 1 N–H and O–H groups in total. The molecule has 0 amide bonds. The van der Waals surface area contributed by atoms with Crippen molar-refractivity contribution in [2.75, 3.05) is 19.8 Å². The monoisotopic (exact) mass is 314 g/mol. The van der Waals surface area contributed by atoms with Gasteiger partial charge in [-0.15, -0.1) is 0 Å². The first-order valence-corrected chi connectivity index (χ1v) is 8.12. The second-order valence-corrected chi connectivity index (χ2v) is 6.71. The van der Waals surface area contributed by atoms with E-state index in [-0.39, 0.29) is 23.6 Å². The van der Waals surface area contributed by atoms with Crippen molar-refractivity contribution in [2.24, 2.45) is 5.92 Å². The Bertz CT molecular complexity index is 609. The summed E-state index contributed by atoms with van der Waals surface area (Å²) >= 11 is 0. The molecule has 0 saturated carbocycles. The zero-order chi connectivity index (χ0) is 15.9. The molecule has 1 rings (SSSR count). The molecular weight excluding hydrogens is 295 g/mol. The molecule has 1 aromatic carbocycles. The zero-order valence-corrected chi connectivity index (χ0v) is 12.9. The maximum Gasteiger partial charge on any atom is 0.240 e. The maximum atomic E-state index is 13.2. The minimum absolute atomic E-state index is 0.125. The van der Waals surface area contributed by atoms with Crippen LogP contribution in [0.5, 0.6) is 0 Å². The van der Waals surface area contributed by atoms with Gasteiger partial charge in [-0.05, 0) is 30.5 Å². The van der Waals surface area contributed by atoms with Gasteiger partial charge in [0.25, 0.3) is 0 Å². The number of halogens is 1. The van der Waals surface area contributed by atoms with Crippen molar-refractivity contribution in [3.8, 4) is 6.07 Å². The molecule has 0 radical (unpaired) electrons. The van der Waals surface area contributed by atoms with Crippen molar-refractivity contribution in [1.82, 2.24) is 4.72 Å². The van der Waals surface area contributed by atoms with Gasteiger partial charge in [-0.25, -0.2) is 17.5 Å². The molecule has 0 saturated heterocycles. The van der Waals surface area contributed by atoms with Crippen LogP contribution >= 0.6 is 0 Å². The van der Waals surface area contributed by atoms with Crippen LogP contribution in [0.4, 0.5) is 4.39 Å². The Hall–Kier alpha value is -1.49. The number of sulfonamides is 1. The van der Waals surface area contributed by atoms with Gasteiger partial charge >= 0.3 is 0 Å². The molecule has 0 heterocycles. The fraction of sp³-hybridized carbons (Fsp3) is 0.500. The summed E-state index contributed by atoms with van der Waals surface area (Å²) in [5, 5.41) is 8.70. The first-order valence-electron chi connectivity index (χ1n) is 6.64. The summed E-state index contributed by atoms with van der Waals surface area (Å²) in [6, 6.07) is 4.71. The molecule has 1 aromatic rings. The molecule has 0 atom stereocenters. The first-order chi connectivity index (χ1) is 9.86. The summed E-state index contributed by atoms with van der Waals surface area (Å²) in [7, 11) is -3.76. The van der Waals surface area contributed by atoms with E-state index in [2.05, 4.69) is 18.6 Å². The number of rotatable bonds is 8. The minimum Gasteiger partial charge on any atom is -0.380 e. The molecule has 0 unspecified atom stereocenters. The SMILES string of the molecule is CC(C)CCOCCNS(=O)(=O)c1ccc(F)c(C#N)c1. The highest BCUT2D eigenvalue weighted by Crippen LogP contribution is 2.14. The molecule has 0 aliphatic rings. The van der Waals surface area contributed by atoms with Crippen LogP contribution < -0.4 is 4.72 Å². The van der Waals surface area contributed by atoms with Crippen molar-refractivity contribution < 1.29 is 17.5 Å². The average molecular weight is 314 g/mol. The maximum absolute atomic E-state index is 13.2. The lowest BCUT2D eigenvalue weighted by Crippen LogP contribution is -2.27. The molecule has 0 aromatic heterocycles. The Labute approximate surface area is 124 Å². The lowest BCUT2D eigenvalue weighted by atomic mass is 10.1. The summed E-state index contributed by atoms with van der Waals surface area (Å²) in [5.41, 5.74) is -0.300. The van der Waals surface area contributed by atoms with E-state index in [1.54, 1.807) is 6.07 Å². The quantitative estimate of drug-likeness (QED) is 0.745. The zero-order valence-electron chi connectivity index (χ0n) is 12.1. The molecule has 7 heteroatoms. The van der Waals surface area contributed by atoms with Crippen molar-refractivity contribution in [3.63, 3.8) is 0 Å². The van der Waals surface area contributed by atoms with E-state index in [1.165, 1.54) is 0 Å². The van der Waals surface area contributed by atoms with Gasteiger partial charge in [0, 0.05) is 13.2 Å². The predicted octanol–water partition coefficient (Wildman–Crippen LogP) is 2.04. The van der Waals surface area contributed by atoms with Crippen LogP contribution in [0.15, 0.2) is 23.1 Å². The van der Waals surface area contributed by atoms with Gasteiger partial charge in [0.1, 0.15) is 11.9 Å². The second kappa shape index (κ2) is 8.08. The van der Waals surface area contributed by atoms with Crippen LogP contribution in [0.25, 0.3) is 0 Å². The van der Waals surface area contributed by atoms with Crippen LogP contribution in [-0.2, 0) is 14.8 Å². The largest absolute Gasteiger partial charge is 0.380 e. The number of hydrogen-bond donors (Lipinski definition) is 1. The summed E-state index contributed by atoms with van der Waals surface area (Å²) < 4.78 is 44.7. The highest BCUT2D eigenvalue weighted by atomic mass is 32.2. The van der Waals surface area contributed by atoms with Crippen molar-refractivity contribution in [3.05, 3.63) is 29.6 Å². The molecule has 21 heavy (non-hydrogen) atoms. The van der Waals surface area contributed by atoms with Gasteiger partial charge in [-0.1, -0.05) is 13.8 Å². The molecule has 0 fully saturated rings. The van der Waals surface area contributed by atoms with E-state index in [1.807, 2.05) is 0 Å². The van der Waals surface area contributed by atoms with Crippen LogP contribution in [0.2, 0.25) is 0 Å². The van der Waals surface area contributed by atoms with E-state index in [9.17, 15) is 12.8 Å². The fourth-order valence-electron chi connectivity index (χ4n) is 1.51. The van der Waals surface area contributed by atoms with Gasteiger partial charge in [0.15, 0.2) is 0 Å². The van der Waals surface area contributed by atoms with E-state index in [4.69, 9.17) is 10.00 Å². The molecule has 5 nitrogen and oxygen atoms in total. The summed E-state index contributed by atoms with van der Waals surface area (Å²) in [6.07, 6.45) is 0.913. The molecule has 0 bridgehead atoms. The summed E-state index contributed by atoms with van der Waals surface area (Å²) in [5.74, 6) is -0.209. The molecule has 116 valence electrons. The Morgan fingerprint density at radius 1 is 1.38 bits per heavy atom. The van der Waals surface area contributed by atoms with Gasteiger partial charge < -0.3 is 4.74 Å². The predicted molar refractivity (Wildman–Crippen MR) is 76.6 cm³/mol. The van der Waals surface area contributed by atoms with Crippen molar-refractivity contribution in [2.45, 2.75) is 25.2 Å². The highest BCUT2D eigenvalue weighted by Gasteiger charge is 2.15. The van der Waals surface area contributed by atoms with Gasteiger partial charge in [-0.3, -0.25) is 0 Å². The van der Waals surface area contributed by atoms with E-state index in [0.29, 0.717) is 12.5 Å². The number of benzene rings is 1. The summed E-state index contributed by atoms with van der Waals surface area (Å²) in [6.45, 7) is 5.12. The Morgan fingerprint density at radius 2 is 2.10 bits per heavy atom. The summed E-state index contributed by atoms with van der Waals surface area (Å²) in [4.78, 5) is -0.136. The van der Waals surface area contributed by atoms with Crippen LogP contribution in [0, 0.1) is 23.1 Å². The van der Waals surface area contributed by atoms with Gasteiger partial charge in [0.05, 0.1) is 17.1 Å². The van der Waals surface area contributed by atoms with Crippen LogP contribution in [0.3, 0.4) is 0 Å². The molecule has 0 aliphatic heterocycles. The highest BCUT2D eigenvalue weighted by molar-refractivity contribution is 7.89. The number of nitrogens with one attached hydrogen (secondary N) is 1. The van der Waals surface area contributed by atoms with E-state index >= 15 is 0 Å². The molecule has 0 spiro atoms. The average Bonchev–Trinajstić information content (AvgIpc) is 2.42. The number of ether oxygens (including phenoxy) is 1. The Kier molecular flexibility index (Phi) is 6.75. The van der Waals surface area contributed by atoms with Crippen molar-refractivity contribution >= 4 is 10.0 Å². The number of nitrogens with zero attached hydrogens (tertiary/aromatic N) is 1. The Morgan fingerprint density at radius 3 is 2.71 bits per heavy atom. The normalized spacial score (nSPS) is 11.6. The molecular formula is C14H19FN2O3S. The Balaban J connectivity index is 2.53. The lowest BCUT2D eigenvalue weighted by molar-refractivity contribution is 0.128. The third-order valence-corrected chi connectivity index (χ3v) is 4.21. The number of hydrogen-bond acceptors (Lipinski definition) is 4. The smallest absolute Gasteiger partial charge is 0.240 e. The fourth-order valence-corrected chi connectivity index (χ4v) is 2.55. The van der Waals surface area contributed by atoms with Crippen molar-refractivity contribution in [1.29, 1.82) is 5.26 Å². The van der Waals surface area contributed by atoms with Gasteiger partial charge in [-0.2, -0.15) is 5.26 Å². The van der Waals surface area contributed by atoms with Crippen LogP contribution in [0.1, 0.15) is 25.8 Å². The topological polar surface area (TPSA) is 79.2 Å². The lowest BCUT2D eigenvalue weighted by Gasteiger charge is -2.09. The molecule has 0 aliphatic carbocycles. The third-order valence-electron chi connectivity index (χ3n) is 2.75. The van der Waals surface area contributed by atoms with E-state index in [0.717, 1.165) is 24.6 Å². The van der Waals surface area contributed by atoms with E-state index < -0.39 is 15.8 Å². The standard InChI is InChI=1S/C14H19FN2O3S/c1-11(2)5-7-20-8-6-17-21(18,19)13-3-4-14(15)12(9-13)10-16/h3-4,9,11,17H,5-8H2,1-2H3. The minimum atomic E-state index is -3.76. The number of nitriles is 1. The van der Waals surface area contributed by atoms with Gasteiger partial charge in [0.2, 0.25) is 10.0 Å².